The Bertz CT molecular complexity index is 307. The Morgan fingerprint density at radius 2 is 2.46 bits per heavy atom. The zero-order valence-corrected chi connectivity index (χ0v) is 7.11. The molecule has 0 aliphatic rings. The van der Waals surface area contributed by atoms with Crippen molar-refractivity contribution in [1.82, 2.24) is 5.16 Å². The van der Waals surface area contributed by atoms with Crippen LogP contribution in [-0.4, -0.2) is 16.2 Å². The van der Waals surface area contributed by atoms with Crippen molar-refractivity contribution in [3.8, 4) is 5.88 Å². The fraction of sp³-hybridized carbons (Fsp3) is 0.429. The highest BCUT2D eigenvalue weighted by Crippen LogP contribution is 2.21. The van der Waals surface area contributed by atoms with Crippen LogP contribution in [0.4, 0.5) is 0 Å². The summed E-state index contributed by atoms with van der Waals surface area (Å²) in [7, 11) is 0. The standard InChI is InChI=1S/C7H10N2O4/c1-4-5(2-3-6(10)11)7(12-8)9-13-4/h2-3,8H2,1H3,(H,10,11). The molecule has 72 valence electrons. The molecule has 0 aliphatic heterocycles. The Hall–Kier alpha value is -1.56. The summed E-state index contributed by atoms with van der Waals surface area (Å²) in [5.41, 5.74) is 0.602. The highest BCUT2D eigenvalue weighted by atomic mass is 16.6. The van der Waals surface area contributed by atoms with Gasteiger partial charge in [0.2, 0.25) is 0 Å². The predicted molar refractivity (Wildman–Crippen MR) is 42.0 cm³/mol. The van der Waals surface area contributed by atoms with E-state index in [0.717, 1.165) is 0 Å². The summed E-state index contributed by atoms with van der Waals surface area (Å²) in [5, 5.41) is 11.9. The van der Waals surface area contributed by atoms with Gasteiger partial charge in [0.1, 0.15) is 5.76 Å². The van der Waals surface area contributed by atoms with Crippen molar-refractivity contribution in [3.63, 3.8) is 0 Å². The van der Waals surface area contributed by atoms with Crippen LogP contribution < -0.4 is 10.7 Å². The van der Waals surface area contributed by atoms with Crippen LogP contribution >= 0.6 is 0 Å². The minimum absolute atomic E-state index is 0.00157. The van der Waals surface area contributed by atoms with Crippen LogP contribution in [-0.2, 0) is 11.2 Å². The number of rotatable bonds is 4. The van der Waals surface area contributed by atoms with Gasteiger partial charge in [0.05, 0.1) is 5.56 Å². The average Bonchev–Trinajstić information content (AvgIpc) is 2.43. The Labute approximate surface area is 74.2 Å². The van der Waals surface area contributed by atoms with E-state index in [0.29, 0.717) is 17.7 Å². The van der Waals surface area contributed by atoms with Gasteiger partial charge in [0, 0.05) is 6.42 Å². The lowest BCUT2D eigenvalue weighted by Gasteiger charge is -1.96. The van der Waals surface area contributed by atoms with Crippen molar-refractivity contribution in [1.29, 1.82) is 0 Å². The maximum atomic E-state index is 10.3. The van der Waals surface area contributed by atoms with Crippen molar-refractivity contribution in [2.45, 2.75) is 19.8 Å². The van der Waals surface area contributed by atoms with E-state index in [4.69, 9.17) is 15.5 Å². The fourth-order valence-electron chi connectivity index (χ4n) is 0.978. The van der Waals surface area contributed by atoms with Crippen LogP contribution in [0.2, 0.25) is 0 Å². The summed E-state index contributed by atoms with van der Waals surface area (Å²) in [6, 6.07) is 0. The second kappa shape index (κ2) is 3.90. The molecule has 13 heavy (non-hydrogen) atoms. The first-order valence-corrected chi connectivity index (χ1v) is 3.68. The second-order valence-corrected chi connectivity index (χ2v) is 2.53. The quantitative estimate of drug-likeness (QED) is 0.654. The van der Waals surface area contributed by atoms with Crippen molar-refractivity contribution in [3.05, 3.63) is 11.3 Å². The molecule has 0 bridgehead atoms. The molecule has 0 spiro atoms. The van der Waals surface area contributed by atoms with Crippen molar-refractivity contribution >= 4 is 5.97 Å². The molecule has 0 aliphatic carbocycles. The first-order chi connectivity index (χ1) is 6.15. The van der Waals surface area contributed by atoms with E-state index in [9.17, 15) is 4.79 Å². The summed E-state index contributed by atoms with van der Waals surface area (Å²) >= 11 is 0. The molecule has 0 amide bonds. The highest BCUT2D eigenvalue weighted by molar-refractivity contribution is 5.67. The molecule has 6 nitrogen and oxygen atoms in total. The summed E-state index contributed by atoms with van der Waals surface area (Å²) < 4.78 is 4.77. The zero-order chi connectivity index (χ0) is 9.84. The summed E-state index contributed by atoms with van der Waals surface area (Å²) in [6.45, 7) is 1.67. The van der Waals surface area contributed by atoms with E-state index in [2.05, 4.69) is 9.99 Å². The Balaban J connectivity index is 2.73. The molecule has 0 unspecified atom stereocenters. The minimum Gasteiger partial charge on any atom is -0.481 e. The lowest BCUT2D eigenvalue weighted by molar-refractivity contribution is -0.136. The number of aliphatic carboxylic acids is 1. The van der Waals surface area contributed by atoms with Crippen LogP contribution in [0.3, 0.4) is 0 Å². The van der Waals surface area contributed by atoms with Gasteiger partial charge >= 0.3 is 5.97 Å². The Morgan fingerprint density at radius 1 is 1.77 bits per heavy atom. The van der Waals surface area contributed by atoms with Gasteiger partial charge < -0.3 is 14.5 Å². The molecule has 0 atom stereocenters. The van der Waals surface area contributed by atoms with Gasteiger partial charge in [0.25, 0.3) is 5.88 Å². The number of nitrogens with zero attached hydrogens (tertiary/aromatic N) is 1. The molecule has 0 saturated heterocycles. The normalized spacial score (nSPS) is 10.0. The van der Waals surface area contributed by atoms with Crippen LogP contribution in [0.1, 0.15) is 17.7 Å². The van der Waals surface area contributed by atoms with Gasteiger partial charge in [-0.1, -0.05) is 0 Å². The third-order valence-corrected chi connectivity index (χ3v) is 1.65. The first-order valence-electron chi connectivity index (χ1n) is 3.68. The lowest BCUT2D eigenvalue weighted by atomic mass is 10.1. The third-order valence-electron chi connectivity index (χ3n) is 1.65. The molecule has 1 aromatic heterocycles. The zero-order valence-electron chi connectivity index (χ0n) is 7.11. The number of aryl methyl sites for hydroxylation is 1. The summed E-state index contributed by atoms with van der Waals surface area (Å²) in [4.78, 5) is 14.7. The van der Waals surface area contributed by atoms with E-state index in [1.165, 1.54) is 0 Å². The number of carboxylic acid groups (broad SMARTS) is 1. The molecule has 0 fully saturated rings. The topological polar surface area (TPSA) is 98.6 Å². The minimum atomic E-state index is -0.886. The number of carbonyl (C=O) groups is 1. The van der Waals surface area contributed by atoms with Crippen LogP contribution in [0.15, 0.2) is 4.52 Å². The molecule has 1 aromatic rings. The number of hydrogen-bond acceptors (Lipinski definition) is 5. The van der Waals surface area contributed by atoms with Gasteiger partial charge in [-0.3, -0.25) is 4.79 Å². The van der Waals surface area contributed by atoms with E-state index in [-0.39, 0.29) is 12.3 Å². The number of carboxylic acids is 1. The maximum Gasteiger partial charge on any atom is 0.303 e. The van der Waals surface area contributed by atoms with Crippen molar-refractivity contribution in [2.24, 2.45) is 5.90 Å². The molecular weight excluding hydrogens is 176 g/mol. The second-order valence-electron chi connectivity index (χ2n) is 2.53. The van der Waals surface area contributed by atoms with E-state index < -0.39 is 5.97 Å². The van der Waals surface area contributed by atoms with Gasteiger partial charge in [-0.2, -0.15) is 5.90 Å². The largest absolute Gasteiger partial charge is 0.481 e. The van der Waals surface area contributed by atoms with Crippen LogP contribution in [0.25, 0.3) is 0 Å². The van der Waals surface area contributed by atoms with Crippen molar-refractivity contribution < 1.29 is 19.3 Å². The van der Waals surface area contributed by atoms with Crippen LogP contribution in [0.5, 0.6) is 5.88 Å². The molecule has 0 saturated carbocycles. The molecule has 1 heterocycles. The van der Waals surface area contributed by atoms with E-state index >= 15 is 0 Å². The molecule has 0 radical (unpaired) electrons. The molecule has 6 heteroatoms. The summed E-state index contributed by atoms with van der Waals surface area (Å²) in [5.74, 6) is 4.70. The first kappa shape index (κ1) is 9.53. The number of hydrogen-bond donors (Lipinski definition) is 2. The smallest absolute Gasteiger partial charge is 0.303 e. The highest BCUT2D eigenvalue weighted by Gasteiger charge is 2.14. The monoisotopic (exact) mass is 186 g/mol. The summed E-state index contributed by atoms with van der Waals surface area (Å²) in [6.07, 6.45) is 0.301. The Kier molecular flexibility index (Phi) is 2.86. The molecule has 0 aromatic carbocycles. The van der Waals surface area contributed by atoms with Gasteiger partial charge in [-0.25, -0.2) is 0 Å². The number of aromatic nitrogens is 1. The third kappa shape index (κ3) is 2.19. The molecule has 3 N–H and O–H groups in total. The lowest BCUT2D eigenvalue weighted by Crippen LogP contribution is -2.05. The maximum absolute atomic E-state index is 10.3. The van der Waals surface area contributed by atoms with Crippen LogP contribution in [0, 0.1) is 6.92 Å². The number of nitrogens with two attached hydrogens (primary N) is 1. The average molecular weight is 186 g/mol. The van der Waals surface area contributed by atoms with Gasteiger partial charge in [0.15, 0.2) is 0 Å². The van der Waals surface area contributed by atoms with Gasteiger partial charge in [-0.05, 0) is 18.5 Å². The van der Waals surface area contributed by atoms with Crippen molar-refractivity contribution in [2.75, 3.05) is 0 Å². The van der Waals surface area contributed by atoms with Gasteiger partial charge in [-0.15, -0.1) is 0 Å². The van der Waals surface area contributed by atoms with E-state index in [1.54, 1.807) is 6.92 Å². The fourth-order valence-corrected chi connectivity index (χ4v) is 0.978. The predicted octanol–water partition coefficient (Wildman–Crippen LogP) is 0.253. The molecule has 1 rings (SSSR count). The SMILES string of the molecule is Cc1onc(ON)c1CCC(=O)O. The Morgan fingerprint density at radius 3 is 3.00 bits per heavy atom. The molecular formula is C7H10N2O4. The van der Waals surface area contributed by atoms with E-state index in [1.807, 2.05) is 0 Å².